The number of halogens is 6. The summed E-state index contributed by atoms with van der Waals surface area (Å²) in [6.45, 7) is 10.3. The molecule has 4 aliphatic rings. The first-order chi connectivity index (χ1) is 35.7. The van der Waals surface area contributed by atoms with Crippen molar-refractivity contribution in [3.8, 4) is 5.75 Å². The molecular weight excluding hydrogens is 1060 g/mol. The van der Waals surface area contributed by atoms with E-state index in [4.69, 9.17) is 23.3 Å². The van der Waals surface area contributed by atoms with Crippen molar-refractivity contribution in [2.24, 2.45) is 33.1 Å². The Hall–Kier alpha value is -4.21. The number of methoxy groups -OCH3 is 1. The highest BCUT2D eigenvalue weighted by Crippen LogP contribution is 2.99. The molecular formula is C54H66F6N3O10PS2. The van der Waals surface area contributed by atoms with Crippen molar-refractivity contribution in [1.29, 1.82) is 0 Å². The SMILES string of the molecule is COCC12C(O)[C@@H](COP(=O)(N[C@@H](C)C(=O)OC(C)C)Oc3ccccc3)OC13[C@H]2C31CC(=O)NC(=NC(=O)CC(C)(C)CC[C@H](CCSCc2ccc(C(F)(F)F)cc2)SCc2ccc(C(F)(F)F)cc2)/C=C\C1C. The number of hydrogen-bond acceptors (Lipinski definition) is 12. The number of carbonyl (C=O) groups excluding carboxylic acids is 3. The van der Waals surface area contributed by atoms with E-state index in [2.05, 4.69) is 15.4 Å². The summed E-state index contributed by atoms with van der Waals surface area (Å²) in [6.07, 6.45) is -6.11. The van der Waals surface area contributed by atoms with Crippen LogP contribution in [-0.2, 0) is 61.5 Å². The van der Waals surface area contributed by atoms with Crippen LogP contribution in [0.25, 0.3) is 0 Å². The number of nitrogens with one attached hydrogen (secondary N) is 2. The summed E-state index contributed by atoms with van der Waals surface area (Å²) in [4.78, 5) is 44.6. The van der Waals surface area contributed by atoms with Crippen LogP contribution in [0.2, 0.25) is 0 Å². The normalized spacial score (nSPS) is 27.6. The minimum atomic E-state index is -4.46. The molecule has 416 valence electrons. The number of esters is 1. The molecule has 2 spiro atoms. The van der Waals surface area contributed by atoms with E-state index in [0.717, 1.165) is 35.4 Å². The lowest BCUT2D eigenvalue weighted by molar-refractivity contribution is -0.149. The monoisotopic (exact) mass is 1130 g/mol. The van der Waals surface area contributed by atoms with Crippen molar-refractivity contribution in [3.63, 3.8) is 0 Å². The second-order valence-electron chi connectivity index (χ2n) is 21.1. The first-order valence-electron chi connectivity index (χ1n) is 25.1. The van der Waals surface area contributed by atoms with Crippen LogP contribution in [0.5, 0.6) is 5.75 Å². The molecule has 2 aliphatic heterocycles. The zero-order valence-electron chi connectivity index (χ0n) is 43.4. The number of amidine groups is 1. The summed E-state index contributed by atoms with van der Waals surface area (Å²) >= 11 is 3.17. The lowest BCUT2D eigenvalue weighted by atomic mass is 9.66. The minimum Gasteiger partial charge on any atom is -0.462 e. The van der Waals surface area contributed by atoms with Gasteiger partial charge in [-0.2, -0.15) is 59.9 Å². The van der Waals surface area contributed by atoms with Gasteiger partial charge in [0.05, 0.1) is 47.6 Å². The Kier molecular flexibility index (Phi) is 18.5. The Morgan fingerprint density at radius 2 is 1.55 bits per heavy atom. The van der Waals surface area contributed by atoms with Gasteiger partial charge in [0.1, 0.15) is 23.7 Å². The Morgan fingerprint density at radius 3 is 2.14 bits per heavy atom. The molecule has 76 heavy (non-hydrogen) atoms. The minimum absolute atomic E-state index is 0.0333. The third-order valence-corrected chi connectivity index (χ3v) is 18.8. The van der Waals surface area contributed by atoms with Gasteiger partial charge in [0.2, 0.25) is 11.8 Å². The fraction of sp³-hybridized carbons (Fsp3) is 0.556. The zero-order chi connectivity index (χ0) is 55.5. The van der Waals surface area contributed by atoms with Crippen LogP contribution in [0.4, 0.5) is 26.3 Å². The summed E-state index contributed by atoms with van der Waals surface area (Å²) < 4.78 is 123. The van der Waals surface area contributed by atoms with E-state index in [9.17, 15) is 50.4 Å². The van der Waals surface area contributed by atoms with Crippen LogP contribution >= 0.6 is 31.3 Å². The molecule has 3 N–H and O–H groups in total. The zero-order valence-corrected chi connectivity index (χ0v) is 45.9. The van der Waals surface area contributed by atoms with E-state index < -0.39 is 102 Å². The average Bonchev–Trinajstić information content (AvgIpc) is 4.31. The van der Waals surface area contributed by atoms with E-state index in [1.165, 1.54) is 38.3 Å². The summed E-state index contributed by atoms with van der Waals surface area (Å²) in [5.74, 6) is -0.268. The molecule has 0 aromatic heterocycles. The maximum atomic E-state index is 14.3. The van der Waals surface area contributed by atoms with E-state index in [-0.39, 0.29) is 48.1 Å². The first kappa shape index (κ1) is 59.5. The number of rotatable bonds is 24. The fourth-order valence-corrected chi connectivity index (χ4v) is 14.9. The molecule has 2 amide bonds. The number of aliphatic imine (C=N–C) groups is 1. The van der Waals surface area contributed by atoms with Gasteiger partial charge >= 0.3 is 26.1 Å². The number of benzene rings is 3. The standard InChI is InChI=1S/C54H66F6N3O10PS2/c1-33(2)71-47(67)35(4)63-74(68,73-40-11-9-8-10-12-40)70-29-42-46(66)51(32-69-7)48-50(52(48,51)72-42)28-45(65)62-43(22-13-34(50)3)61-44(64)27-49(5,6)25-23-41(76-31-37-16-20-39(21-17-37)54(58,59)60)24-26-75-30-36-14-18-38(19-15-36)53(55,56)57/h8-22,33-35,41-42,46,48,66H,23-32H2,1-7H3,(H,63,68)(H,61,62,64,65)/b22-13-/t34?,35-,41+,42+,46?,48-,50?,51?,52?,74?/m0/s1. The van der Waals surface area contributed by atoms with Gasteiger partial charge in [0.15, 0.2) is 0 Å². The van der Waals surface area contributed by atoms with Crippen molar-refractivity contribution < 1.29 is 73.7 Å². The van der Waals surface area contributed by atoms with Crippen molar-refractivity contribution in [2.45, 2.75) is 133 Å². The molecule has 3 aromatic carbocycles. The van der Waals surface area contributed by atoms with Crippen LogP contribution in [0, 0.1) is 28.1 Å². The Balaban J connectivity index is 0.975. The molecule has 10 atom stereocenters. The maximum Gasteiger partial charge on any atom is 0.459 e. The van der Waals surface area contributed by atoms with E-state index in [0.29, 0.717) is 36.5 Å². The molecule has 0 bridgehead atoms. The van der Waals surface area contributed by atoms with Crippen LogP contribution in [0.15, 0.2) is 96.0 Å². The molecule has 6 unspecified atom stereocenters. The summed E-state index contributed by atoms with van der Waals surface area (Å²) in [6, 6.07) is 17.2. The molecule has 22 heteroatoms. The highest BCUT2D eigenvalue weighted by Gasteiger charge is 3.08. The summed E-state index contributed by atoms with van der Waals surface area (Å²) in [7, 11) is -2.82. The van der Waals surface area contributed by atoms with Crippen molar-refractivity contribution in [2.75, 3.05) is 26.1 Å². The molecule has 2 heterocycles. The van der Waals surface area contributed by atoms with Gasteiger partial charge in [-0.05, 0) is 111 Å². The van der Waals surface area contributed by atoms with E-state index >= 15 is 0 Å². The van der Waals surface area contributed by atoms with Gasteiger partial charge in [0.25, 0.3) is 0 Å². The van der Waals surface area contributed by atoms with Crippen LogP contribution in [0.1, 0.15) is 95.9 Å². The third-order valence-electron chi connectivity index (χ3n) is 14.7. The van der Waals surface area contributed by atoms with Crippen molar-refractivity contribution in [1.82, 2.24) is 10.4 Å². The largest absolute Gasteiger partial charge is 0.462 e. The lowest BCUT2D eigenvalue weighted by Crippen LogP contribution is -2.49. The van der Waals surface area contributed by atoms with Gasteiger partial charge < -0.3 is 29.2 Å². The molecule has 7 rings (SSSR count). The number of carbonyl (C=O) groups is 3. The molecule has 3 aromatic rings. The number of thioether (sulfide) groups is 2. The van der Waals surface area contributed by atoms with Gasteiger partial charge in [-0.3, -0.25) is 18.9 Å². The summed E-state index contributed by atoms with van der Waals surface area (Å²) in [5, 5.41) is 17.4. The van der Waals surface area contributed by atoms with Crippen LogP contribution in [-0.4, -0.2) is 90.0 Å². The number of aliphatic hydroxyl groups excluding tert-OH is 1. The number of alkyl halides is 6. The number of ether oxygens (including phenoxy) is 3. The molecule has 2 saturated carbocycles. The van der Waals surface area contributed by atoms with E-state index in [1.807, 2.05) is 26.8 Å². The van der Waals surface area contributed by atoms with Gasteiger partial charge in [-0.15, -0.1) is 0 Å². The van der Waals surface area contributed by atoms with Gasteiger partial charge in [0, 0.05) is 48.0 Å². The van der Waals surface area contributed by atoms with Gasteiger partial charge in [-0.25, -0.2) is 4.57 Å². The van der Waals surface area contributed by atoms with Gasteiger partial charge in [-0.1, -0.05) is 69.3 Å². The number of amides is 2. The number of nitrogens with zero attached hydrogens (tertiary/aromatic N) is 1. The number of hydrogen-bond donors (Lipinski definition) is 3. The predicted octanol–water partition coefficient (Wildman–Crippen LogP) is 11.4. The molecule has 13 nitrogen and oxygen atoms in total. The quantitative estimate of drug-likeness (QED) is 0.0335. The van der Waals surface area contributed by atoms with Crippen LogP contribution in [0.3, 0.4) is 0 Å². The second-order valence-corrected chi connectivity index (χ2v) is 25.2. The lowest BCUT2D eigenvalue weighted by Gasteiger charge is -2.39. The maximum absolute atomic E-state index is 14.3. The topological polar surface area (TPSA) is 171 Å². The highest BCUT2D eigenvalue weighted by molar-refractivity contribution is 7.99. The Bertz CT molecular complexity index is 2640. The third kappa shape index (κ3) is 13.3. The Labute approximate surface area is 448 Å². The summed E-state index contributed by atoms with van der Waals surface area (Å²) in [5.41, 5.74) is -3.23. The van der Waals surface area contributed by atoms with E-state index in [1.54, 1.807) is 73.8 Å². The van der Waals surface area contributed by atoms with Crippen molar-refractivity contribution >= 4 is 54.9 Å². The van der Waals surface area contributed by atoms with Crippen LogP contribution < -0.4 is 14.9 Å². The average molecular weight is 1130 g/mol. The number of fused-ring (bicyclic) bond motifs is 2. The fourth-order valence-electron chi connectivity index (χ4n) is 11.0. The molecule has 1 saturated heterocycles. The first-order valence-corrected chi connectivity index (χ1v) is 28.9. The predicted molar refractivity (Wildman–Crippen MR) is 278 cm³/mol. The molecule has 0 radical (unpaired) electrons. The number of aliphatic hydroxyl groups is 1. The second kappa shape index (κ2) is 23.6. The smallest absolute Gasteiger partial charge is 0.459 e. The highest BCUT2D eigenvalue weighted by atomic mass is 32.2. The molecule has 2 aliphatic carbocycles. The number of para-hydroxylation sites is 1. The van der Waals surface area contributed by atoms with Crippen molar-refractivity contribution in [3.05, 3.63) is 113 Å². The Morgan fingerprint density at radius 1 is 0.934 bits per heavy atom. The number of allylic oxidation sites excluding steroid dienone is 1. The molecule has 3 fully saturated rings.